The molecule has 186 valence electrons. The molecule has 0 radical (unpaired) electrons. The normalized spacial score (nSPS) is 11.1. The fourth-order valence-electron chi connectivity index (χ4n) is 3.80. The fraction of sp³-hybridized carbons (Fsp3) is 0.323. The van der Waals surface area contributed by atoms with E-state index in [-0.39, 0.29) is 0 Å². The lowest BCUT2D eigenvalue weighted by molar-refractivity contribution is -0.107. The molecule has 0 aliphatic carbocycles. The van der Waals surface area contributed by atoms with E-state index in [1.807, 2.05) is 55.1 Å². The number of hydrogen-bond donors (Lipinski definition) is 1. The minimum absolute atomic E-state index is 0.594. The highest BCUT2D eigenvalue weighted by Crippen LogP contribution is 2.36. The van der Waals surface area contributed by atoms with Crippen molar-refractivity contribution < 1.29 is 14.6 Å². The predicted octanol–water partition coefficient (Wildman–Crippen LogP) is 7.04. The summed E-state index contributed by atoms with van der Waals surface area (Å²) in [4.78, 5) is 11.5. The van der Waals surface area contributed by atoms with Gasteiger partial charge in [0, 0.05) is 29.8 Å². The maximum Gasteiger partial charge on any atom is 0.126 e. The van der Waals surface area contributed by atoms with Gasteiger partial charge in [0.05, 0.1) is 7.11 Å². The molecule has 0 aromatic heterocycles. The van der Waals surface area contributed by atoms with Gasteiger partial charge in [-0.3, -0.25) is 0 Å². The molecule has 0 aliphatic heterocycles. The Morgan fingerprint density at radius 2 is 1.66 bits per heavy atom. The first kappa shape index (κ1) is 27.9. The predicted molar refractivity (Wildman–Crippen MR) is 147 cm³/mol. The Labute approximate surface area is 210 Å². The van der Waals surface area contributed by atoms with E-state index in [0.29, 0.717) is 19.4 Å². The van der Waals surface area contributed by atoms with Gasteiger partial charge in [0.15, 0.2) is 0 Å². The maximum absolute atomic E-state index is 10.9. The van der Waals surface area contributed by atoms with Crippen LogP contribution in [0.4, 0.5) is 5.69 Å². The van der Waals surface area contributed by atoms with E-state index in [1.54, 1.807) is 7.11 Å². The number of carbonyl (C=O) groups excluding carboxylic acids is 1. The van der Waals surface area contributed by atoms with Crippen molar-refractivity contribution in [1.29, 1.82) is 0 Å². The molecule has 3 rings (SSSR count). The Balaban J connectivity index is 0.000000784. The van der Waals surface area contributed by atoms with Crippen LogP contribution >= 0.6 is 0 Å². The Kier molecular flexibility index (Phi) is 11.8. The van der Waals surface area contributed by atoms with Gasteiger partial charge in [0.2, 0.25) is 0 Å². The Bertz CT molecular complexity index is 1060. The second-order valence-electron chi connectivity index (χ2n) is 8.34. The Morgan fingerprint density at radius 3 is 2.23 bits per heavy atom. The molecule has 0 saturated carbocycles. The van der Waals surface area contributed by atoms with Gasteiger partial charge in [-0.15, -0.1) is 0 Å². The summed E-state index contributed by atoms with van der Waals surface area (Å²) in [5.74, 6) is 0.803. The molecule has 0 heterocycles. The Hall–Kier alpha value is -3.37. The van der Waals surface area contributed by atoms with Crippen LogP contribution < -0.4 is 9.64 Å². The van der Waals surface area contributed by atoms with Gasteiger partial charge in [0.25, 0.3) is 0 Å². The van der Waals surface area contributed by atoms with Crippen molar-refractivity contribution in [3.8, 4) is 5.75 Å². The van der Waals surface area contributed by atoms with Crippen molar-refractivity contribution in [3.05, 3.63) is 102 Å². The molecular weight excluding hydrogens is 434 g/mol. The Morgan fingerprint density at radius 1 is 0.971 bits per heavy atom. The first-order valence-electron chi connectivity index (χ1n) is 12.4. The number of rotatable bonds is 11. The third kappa shape index (κ3) is 7.83. The number of unbranched alkanes of at least 4 members (excludes halogenated alkanes) is 1. The third-order valence-electron chi connectivity index (χ3n) is 5.86. The van der Waals surface area contributed by atoms with E-state index in [2.05, 4.69) is 49.9 Å². The molecule has 0 bridgehead atoms. The van der Waals surface area contributed by atoms with Crippen LogP contribution in [0.25, 0.3) is 5.57 Å². The smallest absolute Gasteiger partial charge is 0.126 e. The lowest BCUT2D eigenvalue weighted by Gasteiger charge is -2.32. The number of aliphatic hydroxyl groups excluding tert-OH is 1. The minimum Gasteiger partial charge on any atom is -0.496 e. The first-order valence-corrected chi connectivity index (χ1v) is 12.4. The monoisotopic (exact) mass is 473 g/mol. The number of benzene rings is 3. The molecule has 1 atom stereocenters. The molecule has 0 amide bonds. The number of carbonyl (C=O) groups is 1. The highest BCUT2D eigenvalue weighted by molar-refractivity contribution is 5.87. The topological polar surface area (TPSA) is 49.8 Å². The molecule has 1 unspecified atom stereocenters. The average molecular weight is 474 g/mol. The van der Waals surface area contributed by atoms with E-state index >= 15 is 0 Å². The number of para-hydroxylation sites is 1. The number of methoxy groups -OCH3 is 1. The molecular formula is C31H39NO3. The number of nitrogens with zero attached hydrogens (tertiary/aromatic N) is 1. The molecule has 0 saturated heterocycles. The zero-order valence-corrected chi connectivity index (χ0v) is 21.5. The molecule has 35 heavy (non-hydrogen) atoms. The maximum atomic E-state index is 10.9. The minimum atomic E-state index is -0.594. The second-order valence-corrected chi connectivity index (χ2v) is 8.34. The molecule has 0 aliphatic rings. The summed E-state index contributed by atoms with van der Waals surface area (Å²) in [6, 6.07) is 24.6. The molecule has 1 N–H and O–H groups in total. The van der Waals surface area contributed by atoms with Gasteiger partial charge < -0.3 is 19.5 Å². The molecule has 3 aromatic rings. The third-order valence-corrected chi connectivity index (χ3v) is 5.86. The zero-order valence-electron chi connectivity index (χ0n) is 21.5. The van der Waals surface area contributed by atoms with Gasteiger partial charge in [0.1, 0.15) is 18.3 Å². The fourth-order valence-corrected chi connectivity index (χ4v) is 3.80. The number of hydrogen-bond acceptors (Lipinski definition) is 4. The van der Waals surface area contributed by atoms with Crippen LogP contribution in [0, 0.1) is 0 Å². The largest absolute Gasteiger partial charge is 0.496 e. The lowest BCUT2D eigenvalue weighted by atomic mass is 9.94. The molecule has 0 spiro atoms. The van der Waals surface area contributed by atoms with Gasteiger partial charge in [-0.1, -0.05) is 81.9 Å². The standard InChI is InChI=1S/C27H31NO2.C4H8O/c1-5-21-16-17-26(30-4)24(18-21)20(3)23-14-10-11-15-25(23)28(27(29)6-2)19-22-12-8-7-9-13-22;1-2-3-4-5/h7-18,27,29H,3,5-6,19H2,1-2,4H3;4H,2-3H2,1H3. The summed E-state index contributed by atoms with van der Waals surface area (Å²) < 4.78 is 5.63. The van der Waals surface area contributed by atoms with Crippen LogP contribution in [-0.2, 0) is 17.8 Å². The number of aliphatic hydroxyl groups is 1. The van der Waals surface area contributed by atoms with Crippen LogP contribution in [0.15, 0.2) is 79.4 Å². The van der Waals surface area contributed by atoms with E-state index in [9.17, 15) is 9.90 Å². The van der Waals surface area contributed by atoms with Gasteiger partial charge in [-0.2, -0.15) is 0 Å². The van der Waals surface area contributed by atoms with Crippen molar-refractivity contribution >= 4 is 17.5 Å². The summed E-state index contributed by atoms with van der Waals surface area (Å²) in [6.45, 7) is 11.2. The van der Waals surface area contributed by atoms with E-state index in [1.165, 1.54) is 5.56 Å². The van der Waals surface area contributed by atoms with Crippen molar-refractivity contribution in [2.75, 3.05) is 12.0 Å². The average Bonchev–Trinajstić information content (AvgIpc) is 2.92. The second kappa shape index (κ2) is 14.8. The van der Waals surface area contributed by atoms with Crippen molar-refractivity contribution in [3.63, 3.8) is 0 Å². The lowest BCUT2D eigenvalue weighted by Crippen LogP contribution is -2.34. The van der Waals surface area contributed by atoms with Crippen LogP contribution in [-0.4, -0.2) is 24.7 Å². The summed E-state index contributed by atoms with van der Waals surface area (Å²) >= 11 is 0. The van der Waals surface area contributed by atoms with E-state index < -0.39 is 6.23 Å². The summed E-state index contributed by atoms with van der Waals surface area (Å²) in [5, 5.41) is 10.9. The summed E-state index contributed by atoms with van der Waals surface area (Å²) in [5.41, 5.74) is 6.21. The number of aryl methyl sites for hydroxylation is 1. The van der Waals surface area contributed by atoms with E-state index in [4.69, 9.17) is 4.74 Å². The van der Waals surface area contributed by atoms with Crippen molar-refractivity contribution in [2.45, 2.75) is 59.2 Å². The number of anilines is 1. The highest BCUT2D eigenvalue weighted by Gasteiger charge is 2.21. The van der Waals surface area contributed by atoms with Crippen LogP contribution in [0.1, 0.15) is 62.3 Å². The molecule has 4 nitrogen and oxygen atoms in total. The molecule has 0 fully saturated rings. The number of ether oxygens (including phenoxy) is 1. The first-order chi connectivity index (χ1) is 17.0. The number of aldehydes is 1. The zero-order chi connectivity index (χ0) is 25.6. The van der Waals surface area contributed by atoms with E-state index in [0.717, 1.165) is 52.8 Å². The van der Waals surface area contributed by atoms with Gasteiger partial charge in [-0.05, 0) is 54.2 Å². The quantitative estimate of drug-likeness (QED) is 0.240. The van der Waals surface area contributed by atoms with Crippen LogP contribution in [0.2, 0.25) is 0 Å². The van der Waals surface area contributed by atoms with Gasteiger partial charge >= 0.3 is 0 Å². The SMILES string of the molecule is C=C(c1cc(CC)ccc1OC)c1ccccc1N(Cc1ccccc1)C(O)CC.CCCC=O. The van der Waals surface area contributed by atoms with Crippen LogP contribution in [0.3, 0.4) is 0 Å². The van der Waals surface area contributed by atoms with Crippen LogP contribution in [0.5, 0.6) is 5.75 Å². The molecule has 3 aromatic carbocycles. The van der Waals surface area contributed by atoms with Crippen molar-refractivity contribution in [2.24, 2.45) is 0 Å². The highest BCUT2D eigenvalue weighted by atomic mass is 16.5. The molecule has 4 heteroatoms. The van der Waals surface area contributed by atoms with Crippen molar-refractivity contribution in [1.82, 2.24) is 0 Å². The summed E-state index contributed by atoms with van der Waals surface area (Å²) in [7, 11) is 1.69. The van der Waals surface area contributed by atoms with Gasteiger partial charge in [-0.25, -0.2) is 0 Å². The summed E-state index contributed by atoms with van der Waals surface area (Å²) in [6.07, 6.45) is 3.59.